The molecule has 0 aromatic carbocycles. The van der Waals surface area contributed by atoms with Crippen molar-refractivity contribution in [3.8, 4) is 0 Å². The van der Waals surface area contributed by atoms with Gasteiger partial charge < -0.3 is 9.47 Å². The summed E-state index contributed by atoms with van der Waals surface area (Å²) < 4.78 is 12.8. The van der Waals surface area contributed by atoms with Gasteiger partial charge in [-0.3, -0.25) is 0 Å². The van der Waals surface area contributed by atoms with Crippen molar-refractivity contribution < 1.29 is 14.3 Å². The average Bonchev–Trinajstić information content (AvgIpc) is 3.00. The van der Waals surface area contributed by atoms with Crippen molar-refractivity contribution >= 4 is 14.0 Å². The molecular weight excluding hydrogens is 320 g/mol. The highest BCUT2D eigenvalue weighted by Gasteiger charge is 2.54. The van der Waals surface area contributed by atoms with Crippen molar-refractivity contribution in [1.82, 2.24) is 9.78 Å². The molecule has 3 rings (SSSR count). The van der Waals surface area contributed by atoms with Crippen LogP contribution in [0.25, 0.3) is 0 Å². The van der Waals surface area contributed by atoms with Crippen LogP contribution in [0, 0.1) is 11.3 Å². The predicted octanol–water partition coefficient (Wildman–Crippen LogP) is 3.50. The lowest BCUT2D eigenvalue weighted by Gasteiger charge is -2.17. The minimum atomic E-state index is -1.11. The van der Waals surface area contributed by atoms with Gasteiger partial charge in [0.1, 0.15) is 6.73 Å². The molecule has 1 heterocycles. The van der Waals surface area contributed by atoms with E-state index in [1.54, 1.807) is 4.68 Å². The van der Waals surface area contributed by atoms with Gasteiger partial charge in [-0.2, -0.15) is 5.10 Å². The van der Waals surface area contributed by atoms with E-state index in [-0.39, 0.29) is 5.97 Å². The van der Waals surface area contributed by atoms with Crippen LogP contribution in [0.3, 0.4) is 0 Å². The van der Waals surface area contributed by atoms with Crippen LogP contribution in [0.15, 0.2) is 0 Å². The maximum atomic E-state index is 12.5. The molecule has 0 spiro atoms. The summed E-state index contributed by atoms with van der Waals surface area (Å²) in [5, 5.41) is 4.71. The van der Waals surface area contributed by atoms with Gasteiger partial charge in [-0.1, -0.05) is 26.6 Å². The number of ether oxygens (including phenoxy) is 2. The van der Waals surface area contributed by atoms with Crippen molar-refractivity contribution in [1.29, 1.82) is 0 Å². The first-order valence-corrected chi connectivity index (χ1v) is 12.8. The smallest absolute Gasteiger partial charge is 0.356 e. The monoisotopic (exact) mass is 350 g/mol. The molecule has 0 aliphatic heterocycles. The lowest BCUT2D eigenvalue weighted by Crippen LogP contribution is -2.23. The predicted molar refractivity (Wildman–Crippen MR) is 95.9 cm³/mol. The van der Waals surface area contributed by atoms with Crippen LogP contribution in [0.2, 0.25) is 25.7 Å². The molecule has 5 nitrogen and oxygen atoms in total. The fourth-order valence-corrected chi connectivity index (χ4v) is 4.38. The Kier molecular flexibility index (Phi) is 4.64. The van der Waals surface area contributed by atoms with Crippen LogP contribution in [0.4, 0.5) is 0 Å². The van der Waals surface area contributed by atoms with Gasteiger partial charge in [0.2, 0.25) is 0 Å². The van der Waals surface area contributed by atoms with Crippen molar-refractivity contribution in [2.24, 2.45) is 11.3 Å². The Balaban J connectivity index is 1.75. The zero-order valence-electron chi connectivity index (χ0n) is 15.6. The Morgan fingerprint density at radius 3 is 2.83 bits per heavy atom. The normalized spacial score (nSPS) is 25.1. The molecule has 2 atom stereocenters. The first kappa shape index (κ1) is 17.7. The topological polar surface area (TPSA) is 53.3 Å². The quantitative estimate of drug-likeness (QED) is 0.429. The largest absolute Gasteiger partial charge is 0.461 e. The molecule has 1 aromatic rings. The number of rotatable bonds is 7. The number of carbonyl (C=O) groups is 1. The van der Waals surface area contributed by atoms with Gasteiger partial charge in [0.15, 0.2) is 5.69 Å². The van der Waals surface area contributed by atoms with E-state index in [4.69, 9.17) is 14.6 Å². The molecule has 24 heavy (non-hydrogen) atoms. The molecule has 6 heteroatoms. The van der Waals surface area contributed by atoms with Gasteiger partial charge in [-0.25, -0.2) is 9.48 Å². The second kappa shape index (κ2) is 6.30. The third kappa shape index (κ3) is 3.59. The molecule has 0 bridgehead atoms. The molecule has 0 radical (unpaired) electrons. The van der Waals surface area contributed by atoms with Crippen molar-refractivity contribution in [2.45, 2.75) is 65.5 Å². The Labute approximate surface area is 145 Å². The Bertz CT molecular complexity index is 635. The van der Waals surface area contributed by atoms with Crippen LogP contribution < -0.4 is 0 Å². The number of carbonyl (C=O) groups excluding carboxylic acids is 1. The molecule has 0 unspecified atom stereocenters. The molecule has 1 fully saturated rings. The van der Waals surface area contributed by atoms with E-state index in [0.717, 1.165) is 36.8 Å². The highest BCUT2D eigenvalue weighted by molar-refractivity contribution is 6.76. The third-order valence-corrected chi connectivity index (χ3v) is 7.08. The van der Waals surface area contributed by atoms with E-state index in [1.807, 2.05) is 6.92 Å². The summed E-state index contributed by atoms with van der Waals surface area (Å²) in [6.45, 7) is 12.6. The summed E-state index contributed by atoms with van der Waals surface area (Å²) in [5.41, 5.74) is 3.19. The molecule has 2 aliphatic carbocycles. The molecule has 0 N–H and O–H groups in total. The van der Waals surface area contributed by atoms with Crippen LogP contribution >= 0.6 is 0 Å². The second-order valence-electron chi connectivity index (χ2n) is 8.78. The molecule has 1 saturated carbocycles. The number of fused-ring (bicyclic) bond motifs is 2. The third-order valence-electron chi connectivity index (χ3n) is 5.37. The van der Waals surface area contributed by atoms with Crippen molar-refractivity contribution in [2.75, 3.05) is 13.2 Å². The highest BCUT2D eigenvalue weighted by Crippen LogP contribution is 2.59. The van der Waals surface area contributed by atoms with Gasteiger partial charge in [0.05, 0.1) is 12.3 Å². The summed E-state index contributed by atoms with van der Waals surface area (Å²) in [6, 6.07) is 1.11. The first-order chi connectivity index (χ1) is 11.2. The molecule has 0 amide bonds. The van der Waals surface area contributed by atoms with Crippen molar-refractivity contribution in [3.05, 3.63) is 17.0 Å². The fourth-order valence-electron chi connectivity index (χ4n) is 3.62. The van der Waals surface area contributed by atoms with Gasteiger partial charge >= 0.3 is 5.97 Å². The Morgan fingerprint density at radius 2 is 2.17 bits per heavy atom. The Morgan fingerprint density at radius 1 is 1.42 bits per heavy atom. The summed E-state index contributed by atoms with van der Waals surface area (Å²) in [4.78, 5) is 12.5. The maximum Gasteiger partial charge on any atom is 0.356 e. The zero-order valence-corrected chi connectivity index (χ0v) is 16.6. The maximum absolute atomic E-state index is 12.5. The highest BCUT2D eigenvalue weighted by atomic mass is 28.3. The fraction of sp³-hybridized carbons (Fsp3) is 0.778. The zero-order chi connectivity index (χ0) is 17.5. The van der Waals surface area contributed by atoms with Crippen LogP contribution in [-0.4, -0.2) is 37.0 Å². The lowest BCUT2D eigenvalue weighted by atomic mass is 9.88. The van der Waals surface area contributed by atoms with Crippen molar-refractivity contribution in [3.63, 3.8) is 0 Å². The van der Waals surface area contributed by atoms with Gasteiger partial charge in [0.25, 0.3) is 0 Å². The van der Waals surface area contributed by atoms with E-state index in [1.165, 1.54) is 6.42 Å². The number of nitrogens with zero attached hydrogens (tertiary/aromatic N) is 2. The van der Waals surface area contributed by atoms with Gasteiger partial charge in [-0.05, 0) is 43.6 Å². The molecule has 134 valence electrons. The lowest BCUT2D eigenvalue weighted by molar-refractivity contribution is 0.0453. The van der Waals surface area contributed by atoms with Gasteiger partial charge in [0, 0.05) is 20.2 Å². The van der Waals surface area contributed by atoms with E-state index >= 15 is 0 Å². The second-order valence-corrected chi connectivity index (χ2v) is 14.4. The van der Waals surface area contributed by atoms with Crippen LogP contribution in [0.1, 0.15) is 42.0 Å². The number of esters is 1. The van der Waals surface area contributed by atoms with E-state index < -0.39 is 8.07 Å². The summed E-state index contributed by atoms with van der Waals surface area (Å²) >= 11 is 0. The number of aromatic nitrogens is 2. The molecule has 1 aromatic heterocycles. The average molecular weight is 351 g/mol. The summed E-state index contributed by atoms with van der Waals surface area (Å²) in [6.07, 6.45) is 3.18. The minimum absolute atomic E-state index is 0.260. The Hall–Kier alpha value is -1.14. The van der Waals surface area contributed by atoms with E-state index in [2.05, 4.69) is 26.6 Å². The van der Waals surface area contributed by atoms with E-state index in [0.29, 0.717) is 30.4 Å². The van der Waals surface area contributed by atoms with Crippen LogP contribution in [0.5, 0.6) is 0 Å². The molecule has 0 saturated heterocycles. The standard InChI is InChI=1S/C18H30N2O3Si/c1-6-23-17(21)16-14-9-13-10-18(13,2)11-15(14)19-20(16)12-22-7-8-24(3,4)5/h13H,6-12H2,1-5H3/t13-,18-/m1/s1. The molecular formula is C18H30N2O3Si. The van der Waals surface area contributed by atoms with Crippen LogP contribution in [-0.2, 0) is 29.0 Å². The summed E-state index contributed by atoms with van der Waals surface area (Å²) in [5.74, 6) is 0.438. The van der Waals surface area contributed by atoms with E-state index in [9.17, 15) is 4.79 Å². The van der Waals surface area contributed by atoms with Gasteiger partial charge in [-0.15, -0.1) is 0 Å². The SMILES string of the molecule is CCOC(=O)c1c2c(nn1COCC[Si](C)(C)C)C[C@@]1(C)C[C@H]1C2. The minimum Gasteiger partial charge on any atom is -0.461 e. The molecule has 2 aliphatic rings. The first-order valence-electron chi connectivity index (χ1n) is 9.07. The number of hydrogen-bond acceptors (Lipinski definition) is 4. The summed E-state index contributed by atoms with van der Waals surface area (Å²) in [7, 11) is -1.11. The number of hydrogen-bond donors (Lipinski definition) is 0.